The number of aryl methyl sites for hydroxylation is 1. The van der Waals surface area contributed by atoms with Crippen LogP contribution in [0.5, 0.6) is 0 Å². The van der Waals surface area contributed by atoms with Gasteiger partial charge in [0, 0.05) is 25.9 Å². The number of likely N-dealkylation sites (N-methyl/N-ethyl adjacent to an activating group) is 1. The van der Waals surface area contributed by atoms with Crippen LogP contribution in [-0.2, 0) is 13.5 Å². The molecular weight excluding hydrogens is 192 g/mol. The van der Waals surface area contributed by atoms with Crippen molar-refractivity contribution in [3.63, 3.8) is 0 Å². The molecule has 0 bridgehead atoms. The maximum Gasteiger partial charge on any atom is 0.110 e. The first-order valence-corrected chi connectivity index (χ1v) is 4.80. The predicted octanol–water partition coefficient (Wildman–Crippen LogP) is 0.0414. The Morgan fingerprint density at radius 1 is 1.60 bits per heavy atom. The summed E-state index contributed by atoms with van der Waals surface area (Å²) >= 11 is 0. The second kappa shape index (κ2) is 4.22. The lowest BCUT2D eigenvalue weighted by Crippen LogP contribution is -2.20. The first-order valence-electron chi connectivity index (χ1n) is 4.80. The summed E-state index contributed by atoms with van der Waals surface area (Å²) in [6, 6.07) is 0.143. The van der Waals surface area contributed by atoms with Crippen LogP contribution in [0.25, 0.3) is 0 Å². The van der Waals surface area contributed by atoms with Gasteiger partial charge in [0.2, 0.25) is 0 Å². The summed E-state index contributed by atoms with van der Waals surface area (Å²) in [5, 5.41) is 13.7. The van der Waals surface area contributed by atoms with E-state index in [0.717, 1.165) is 17.9 Å². The van der Waals surface area contributed by atoms with Crippen LogP contribution in [0, 0.1) is 0 Å². The van der Waals surface area contributed by atoms with Gasteiger partial charge in [-0.25, -0.2) is 4.98 Å². The SMILES string of the molecule is CNC(Cc1nccn1C)c1cn[nH]n1. The van der Waals surface area contributed by atoms with Crippen molar-refractivity contribution >= 4 is 0 Å². The zero-order valence-corrected chi connectivity index (χ0v) is 8.81. The number of H-pyrrole nitrogens is 1. The lowest BCUT2D eigenvalue weighted by molar-refractivity contribution is 0.549. The van der Waals surface area contributed by atoms with Crippen molar-refractivity contribution in [2.24, 2.45) is 7.05 Å². The minimum absolute atomic E-state index is 0.143. The minimum Gasteiger partial charge on any atom is -0.338 e. The van der Waals surface area contributed by atoms with Gasteiger partial charge in [-0.15, -0.1) is 0 Å². The Morgan fingerprint density at radius 3 is 3.00 bits per heavy atom. The highest BCUT2D eigenvalue weighted by Crippen LogP contribution is 2.13. The summed E-state index contributed by atoms with van der Waals surface area (Å²) in [5.74, 6) is 1.03. The van der Waals surface area contributed by atoms with Gasteiger partial charge in [-0.2, -0.15) is 15.4 Å². The fraction of sp³-hybridized carbons (Fsp3) is 0.444. The average Bonchev–Trinajstić information content (AvgIpc) is 2.86. The third kappa shape index (κ3) is 2.04. The molecular formula is C9H14N6. The third-order valence-electron chi connectivity index (χ3n) is 2.45. The summed E-state index contributed by atoms with van der Waals surface area (Å²) in [6.07, 6.45) is 6.26. The van der Waals surface area contributed by atoms with E-state index >= 15 is 0 Å². The summed E-state index contributed by atoms with van der Waals surface area (Å²) in [6.45, 7) is 0. The van der Waals surface area contributed by atoms with Crippen LogP contribution in [0.2, 0.25) is 0 Å². The molecule has 0 aliphatic heterocycles. The number of imidazole rings is 1. The molecule has 0 saturated carbocycles. The number of hydrogen-bond donors (Lipinski definition) is 2. The van der Waals surface area contributed by atoms with Gasteiger partial charge in [-0.3, -0.25) is 0 Å². The molecule has 0 saturated heterocycles. The van der Waals surface area contributed by atoms with Crippen LogP contribution >= 0.6 is 0 Å². The van der Waals surface area contributed by atoms with Gasteiger partial charge in [0.15, 0.2) is 0 Å². The minimum atomic E-state index is 0.143. The molecule has 0 aromatic carbocycles. The summed E-state index contributed by atoms with van der Waals surface area (Å²) in [5.41, 5.74) is 0.903. The quantitative estimate of drug-likeness (QED) is 0.741. The molecule has 1 unspecified atom stereocenters. The second-order valence-corrected chi connectivity index (χ2v) is 3.39. The third-order valence-corrected chi connectivity index (χ3v) is 2.45. The molecule has 0 aliphatic carbocycles. The molecule has 2 rings (SSSR count). The van der Waals surface area contributed by atoms with Crippen LogP contribution in [0.15, 0.2) is 18.6 Å². The first kappa shape index (κ1) is 9.85. The second-order valence-electron chi connectivity index (χ2n) is 3.39. The van der Waals surface area contributed by atoms with Crippen LogP contribution in [0.4, 0.5) is 0 Å². The van der Waals surface area contributed by atoms with E-state index < -0.39 is 0 Å². The van der Waals surface area contributed by atoms with Gasteiger partial charge in [-0.05, 0) is 7.05 Å². The van der Waals surface area contributed by atoms with E-state index in [0.29, 0.717) is 0 Å². The van der Waals surface area contributed by atoms with E-state index in [4.69, 9.17) is 0 Å². The summed E-state index contributed by atoms with van der Waals surface area (Å²) < 4.78 is 2.00. The monoisotopic (exact) mass is 206 g/mol. The Bertz CT molecular complexity index is 404. The highest BCUT2D eigenvalue weighted by Gasteiger charge is 2.14. The van der Waals surface area contributed by atoms with Crippen LogP contribution in [0.3, 0.4) is 0 Å². The number of aromatic nitrogens is 5. The van der Waals surface area contributed by atoms with Gasteiger partial charge in [0.05, 0.1) is 17.9 Å². The highest BCUT2D eigenvalue weighted by molar-refractivity contribution is 5.05. The van der Waals surface area contributed by atoms with E-state index in [9.17, 15) is 0 Å². The molecule has 1 atom stereocenters. The normalized spacial score (nSPS) is 12.9. The molecule has 2 aromatic rings. The van der Waals surface area contributed by atoms with Gasteiger partial charge in [0.1, 0.15) is 5.82 Å². The summed E-state index contributed by atoms with van der Waals surface area (Å²) in [7, 11) is 3.89. The fourth-order valence-electron chi connectivity index (χ4n) is 1.51. The number of hydrogen-bond acceptors (Lipinski definition) is 4. The van der Waals surface area contributed by atoms with E-state index in [2.05, 4.69) is 25.7 Å². The molecule has 2 aromatic heterocycles. The Hall–Kier alpha value is -1.69. The lowest BCUT2D eigenvalue weighted by atomic mass is 10.1. The topological polar surface area (TPSA) is 71.4 Å². The Balaban J connectivity index is 2.13. The molecule has 0 aliphatic rings. The zero-order valence-electron chi connectivity index (χ0n) is 8.81. The number of rotatable bonds is 4. The van der Waals surface area contributed by atoms with Crippen molar-refractivity contribution < 1.29 is 0 Å². The maximum atomic E-state index is 4.28. The molecule has 80 valence electrons. The largest absolute Gasteiger partial charge is 0.338 e. The molecule has 15 heavy (non-hydrogen) atoms. The standard InChI is InChI=1S/C9H14N6/c1-10-7(8-6-12-14-13-8)5-9-11-3-4-15(9)2/h3-4,6-7,10H,5H2,1-2H3,(H,12,13,14). The van der Waals surface area contributed by atoms with E-state index in [1.165, 1.54) is 0 Å². The van der Waals surface area contributed by atoms with Gasteiger partial charge in [0.25, 0.3) is 0 Å². The van der Waals surface area contributed by atoms with Crippen molar-refractivity contribution in [2.75, 3.05) is 7.05 Å². The fourth-order valence-corrected chi connectivity index (χ4v) is 1.51. The predicted molar refractivity (Wildman–Crippen MR) is 55.1 cm³/mol. The molecule has 6 nitrogen and oxygen atoms in total. The molecule has 0 spiro atoms. The van der Waals surface area contributed by atoms with Crippen LogP contribution in [-0.4, -0.2) is 32.0 Å². The number of aromatic amines is 1. The molecule has 2 N–H and O–H groups in total. The summed E-state index contributed by atoms with van der Waals surface area (Å²) in [4.78, 5) is 4.28. The van der Waals surface area contributed by atoms with Crippen molar-refractivity contribution in [3.05, 3.63) is 30.1 Å². The maximum absolute atomic E-state index is 4.28. The van der Waals surface area contributed by atoms with E-state index in [1.54, 1.807) is 12.4 Å². The lowest BCUT2D eigenvalue weighted by Gasteiger charge is -2.12. The van der Waals surface area contributed by atoms with Crippen molar-refractivity contribution in [1.29, 1.82) is 0 Å². The van der Waals surface area contributed by atoms with E-state index in [1.807, 2.05) is 24.9 Å². The molecule has 6 heteroatoms. The molecule has 2 heterocycles. The van der Waals surface area contributed by atoms with Crippen molar-refractivity contribution in [2.45, 2.75) is 12.5 Å². The smallest absolute Gasteiger partial charge is 0.110 e. The molecule has 0 radical (unpaired) electrons. The Labute approximate surface area is 87.7 Å². The molecule has 0 fully saturated rings. The van der Waals surface area contributed by atoms with Gasteiger partial charge >= 0.3 is 0 Å². The first-order chi connectivity index (χ1) is 7.31. The Kier molecular flexibility index (Phi) is 2.77. The molecule has 0 amide bonds. The van der Waals surface area contributed by atoms with Gasteiger partial charge < -0.3 is 9.88 Å². The van der Waals surface area contributed by atoms with Crippen LogP contribution < -0.4 is 5.32 Å². The van der Waals surface area contributed by atoms with Crippen molar-refractivity contribution in [3.8, 4) is 0 Å². The van der Waals surface area contributed by atoms with Crippen molar-refractivity contribution in [1.82, 2.24) is 30.3 Å². The van der Waals surface area contributed by atoms with Gasteiger partial charge in [-0.1, -0.05) is 0 Å². The Morgan fingerprint density at radius 2 is 2.47 bits per heavy atom. The highest BCUT2D eigenvalue weighted by atomic mass is 15.3. The number of nitrogens with one attached hydrogen (secondary N) is 2. The van der Waals surface area contributed by atoms with E-state index in [-0.39, 0.29) is 6.04 Å². The average molecular weight is 206 g/mol. The zero-order chi connectivity index (χ0) is 10.7. The van der Waals surface area contributed by atoms with Crippen LogP contribution in [0.1, 0.15) is 17.6 Å². The number of nitrogens with zero attached hydrogens (tertiary/aromatic N) is 4.